The molecule has 0 fully saturated rings. The van der Waals surface area contributed by atoms with Gasteiger partial charge in [-0.2, -0.15) is 0 Å². The zero-order valence-corrected chi connectivity index (χ0v) is 8.06. The summed E-state index contributed by atoms with van der Waals surface area (Å²) in [5, 5.41) is 8.95. The zero-order chi connectivity index (χ0) is 8.27. The number of aliphatic hydroxyl groups is 1. The lowest BCUT2D eigenvalue weighted by molar-refractivity contribution is 0.280. The van der Waals surface area contributed by atoms with E-state index in [1.807, 2.05) is 18.2 Å². The molecule has 0 saturated heterocycles. The predicted octanol–water partition coefficient (Wildman–Crippen LogP) is 2.50. The number of benzene rings is 1. The second kappa shape index (κ2) is 3.88. The molecule has 0 spiro atoms. The minimum atomic E-state index is 0.128. The molecular weight excluding hydrogens is 204 g/mol. The largest absolute Gasteiger partial charge is 0.392 e. The predicted molar refractivity (Wildman–Crippen MR) is 49.4 cm³/mol. The number of hydrogen-bond acceptors (Lipinski definition) is 1. The highest BCUT2D eigenvalue weighted by atomic mass is 79.9. The molecule has 0 aliphatic carbocycles. The topological polar surface area (TPSA) is 20.2 Å². The quantitative estimate of drug-likeness (QED) is 0.803. The van der Waals surface area contributed by atoms with Crippen LogP contribution in [0.3, 0.4) is 0 Å². The number of rotatable bonds is 2. The highest BCUT2D eigenvalue weighted by Gasteiger charge is 1.98. The molecule has 0 aliphatic heterocycles. The number of hydrogen-bond donors (Lipinski definition) is 1. The third kappa shape index (κ3) is 2.04. The number of halogens is 1. The van der Waals surface area contributed by atoms with Crippen LogP contribution in [0.4, 0.5) is 0 Å². The minimum Gasteiger partial charge on any atom is -0.392 e. The molecule has 0 saturated carbocycles. The Morgan fingerprint density at radius 1 is 1.36 bits per heavy atom. The van der Waals surface area contributed by atoms with E-state index in [1.54, 1.807) is 0 Å². The molecule has 0 aliphatic rings. The summed E-state index contributed by atoms with van der Waals surface area (Å²) in [4.78, 5) is 0. The Labute approximate surface area is 75.2 Å². The van der Waals surface area contributed by atoms with Gasteiger partial charge in [0.1, 0.15) is 0 Å². The van der Waals surface area contributed by atoms with Crippen molar-refractivity contribution < 1.29 is 5.11 Å². The summed E-state index contributed by atoms with van der Waals surface area (Å²) in [5.41, 5.74) is 2.23. The summed E-state index contributed by atoms with van der Waals surface area (Å²) >= 11 is 3.36. The van der Waals surface area contributed by atoms with Gasteiger partial charge in [-0.05, 0) is 29.7 Å². The Balaban J connectivity index is 3.06. The molecule has 0 amide bonds. The monoisotopic (exact) mass is 214 g/mol. The van der Waals surface area contributed by atoms with E-state index in [4.69, 9.17) is 5.11 Å². The second-order valence-corrected chi connectivity index (χ2v) is 3.34. The molecule has 1 aromatic rings. The molecule has 1 aromatic carbocycles. The second-order valence-electron chi connectivity index (χ2n) is 2.42. The lowest BCUT2D eigenvalue weighted by atomic mass is 10.1. The molecule has 2 heteroatoms. The Morgan fingerprint density at radius 2 is 2.09 bits per heavy atom. The first kappa shape index (κ1) is 8.75. The summed E-state index contributed by atoms with van der Waals surface area (Å²) in [5.74, 6) is 0. The van der Waals surface area contributed by atoms with Crippen molar-refractivity contribution in [1.82, 2.24) is 0 Å². The van der Waals surface area contributed by atoms with Gasteiger partial charge in [-0.15, -0.1) is 0 Å². The molecule has 0 heterocycles. The van der Waals surface area contributed by atoms with Crippen LogP contribution in [0.2, 0.25) is 0 Å². The molecule has 0 aromatic heterocycles. The Morgan fingerprint density at radius 3 is 2.64 bits per heavy atom. The van der Waals surface area contributed by atoms with Gasteiger partial charge in [0, 0.05) is 4.47 Å². The Bertz CT molecular complexity index is 245. The zero-order valence-electron chi connectivity index (χ0n) is 6.47. The van der Waals surface area contributed by atoms with Crippen LogP contribution in [-0.2, 0) is 13.0 Å². The highest BCUT2D eigenvalue weighted by molar-refractivity contribution is 9.10. The smallest absolute Gasteiger partial charge is 0.0684 e. The van der Waals surface area contributed by atoms with Crippen LogP contribution >= 0.6 is 15.9 Å². The fourth-order valence-corrected chi connectivity index (χ4v) is 1.50. The first-order chi connectivity index (χ1) is 5.27. The molecule has 1 rings (SSSR count). The fourth-order valence-electron chi connectivity index (χ4n) is 1.09. The van der Waals surface area contributed by atoms with Gasteiger partial charge in [0.25, 0.3) is 0 Å². The van der Waals surface area contributed by atoms with E-state index >= 15 is 0 Å². The van der Waals surface area contributed by atoms with Crippen molar-refractivity contribution in [2.24, 2.45) is 0 Å². The number of aryl methyl sites for hydroxylation is 1. The van der Waals surface area contributed by atoms with Crippen LogP contribution in [0.15, 0.2) is 22.7 Å². The van der Waals surface area contributed by atoms with E-state index < -0.39 is 0 Å². The first-order valence-electron chi connectivity index (χ1n) is 3.66. The van der Waals surface area contributed by atoms with Crippen LogP contribution in [0.25, 0.3) is 0 Å². The summed E-state index contributed by atoms with van der Waals surface area (Å²) < 4.78 is 1.03. The summed E-state index contributed by atoms with van der Waals surface area (Å²) in [6, 6.07) is 5.99. The summed E-state index contributed by atoms with van der Waals surface area (Å²) in [6.45, 7) is 2.21. The van der Waals surface area contributed by atoms with Crippen molar-refractivity contribution in [3.8, 4) is 0 Å². The van der Waals surface area contributed by atoms with E-state index in [-0.39, 0.29) is 6.61 Å². The van der Waals surface area contributed by atoms with Crippen molar-refractivity contribution in [3.63, 3.8) is 0 Å². The maximum Gasteiger partial charge on any atom is 0.0684 e. The highest BCUT2D eigenvalue weighted by Crippen LogP contribution is 2.16. The average Bonchev–Trinajstić information content (AvgIpc) is 2.04. The molecule has 60 valence electrons. The molecule has 0 atom stereocenters. The van der Waals surface area contributed by atoms with Gasteiger partial charge in [0.05, 0.1) is 6.61 Å². The van der Waals surface area contributed by atoms with E-state index in [1.165, 1.54) is 5.56 Å². The van der Waals surface area contributed by atoms with Crippen molar-refractivity contribution in [1.29, 1.82) is 0 Å². The van der Waals surface area contributed by atoms with Gasteiger partial charge in [-0.3, -0.25) is 0 Å². The molecule has 1 nitrogen and oxygen atoms in total. The van der Waals surface area contributed by atoms with Gasteiger partial charge in [-0.25, -0.2) is 0 Å². The molecule has 11 heavy (non-hydrogen) atoms. The van der Waals surface area contributed by atoms with Crippen LogP contribution in [0.1, 0.15) is 18.1 Å². The average molecular weight is 215 g/mol. The van der Waals surface area contributed by atoms with E-state index in [2.05, 4.69) is 22.9 Å². The van der Waals surface area contributed by atoms with Gasteiger partial charge in [-0.1, -0.05) is 28.9 Å². The maximum absolute atomic E-state index is 8.95. The maximum atomic E-state index is 8.95. The minimum absolute atomic E-state index is 0.128. The van der Waals surface area contributed by atoms with Gasteiger partial charge >= 0.3 is 0 Å². The Kier molecular flexibility index (Phi) is 3.09. The fraction of sp³-hybridized carbons (Fsp3) is 0.333. The molecule has 0 unspecified atom stereocenters. The van der Waals surface area contributed by atoms with Crippen LogP contribution < -0.4 is 0 Å². The SMILES string of the molecule is CCc1ccc(Br)cc1CO. The van der Waals surface area contributed by atoms with Crippen LogP contribution in [0.5, 0.6) is 0 Å². The van der Waals surface area contributed by atoms with Crippen molar-refractivity contribution in [2.75, 3.05) is 0 Å². The van der Waals surface area contributed by atoms with Crippen molar-refractivity contribution >= 4 is 15.9 Å². The number of aliphatic hydroxyl groups excluding tert-OH is 1. The van der Waals surface area contributed by atoms with Gasteiger partial charge in [0.15, 0.2) is 0 Å². The molecular formula is C9H11BrO. The van der Waals surface area contributed by atoms with Gasteiger partial charge < -0.3 is 5.11 Å². The molecule has 1 N–H and O–H groups in total. The van der Waals surface area contributed by atoms with E-state index in [9.17, 15) is 0 Å². The van der Waals surface area contributed by atoms with Crippen LogP contribution in [-0.4, -0.2) is 5.11 Å². The normalized spacial score (nSPS) is 10.1. The lowest BCUT2D eigenvalue weighted by Gasteiger charge is -2.04. The van der Waals surface area contributed by atoms with Crippen LogP contribution in [0, 0.1) is 0 Å². The van der Waals surface area contributed by atoms with Crippen molar-refractivity contribution in [3.05, 3.63) is 33.8 Å². The Hall–Kier alpha value is -0.340. The van der Waals surface area contributed by atoms with Crippen molar-refractivity contribution in [2.45, 2.75) is 20.0 Å². The summed E-state index contributed by atoms with van der Waals surface area (Å²) in [7, 11) is 0. The lowest BCUT2D eigenvalue weighted by Crippen LogP contribution is -1.91. The standard InChI is InChI=1S/C9H11BrO/c1-2-7-3-4-9(10)5-8(7)6-11/h3-5,11H,2,6H2,1H3. The van der Waals surface area contributed by atoms with E-state index in [0.717, 1.165) is 16.5 Å². The first-order valence-corrected chi connectivity index (χ1v) is 4.45. The summed E-state index contributed by atoms with van der Waals surface area (Å²) in [6.07, 6.45) is 0.975. The van der Waals surface area contributed by atoms with E-state index in [0.29, 0.717) is 0 Å². The molecule has 0 bridgehead atoms. The molecule has 0 radical (unpaired) electrons. The third-order valence-electron chi connectivity index (χ3n) is 1.72. The van der Waals surface area contributed by atoms with Gasteiger partial charge in [0.2, 0.25) is 0 Å². The third-order valence-corrected chi connectivity index (χ3v) is 2.21.